The first-order chi connectivity index (χ1) is 20.3. The number of hydrogen-bond acceptors (Lipinski definition) is 4. The highest BCUT2D eigenvalue weighted by molar-refractivity contribution is 6.01. The van der Waals surface area contributed by atoms with Gasteiger partial charge in [0, 0.05) is 31.7 Å². The van der Waals surface area contributed by atoms with Crippen LogP contribution in [0.4, 0.5) is 5.69 Å². The molecule has 5 heteroatoms. The van der Waals surface area contributed by atoms with E-state index in [1.54, 1.807) is 7.05 Å². The summed E-state index contributed by atoms with van der Waals surface area (Å²) in [6.45, 7) is 6.79. The minimum Gasteiger partial charge on any atom is -0.386 e. The molecule has 4 atom stereocenters. The molecule has 0 aliphatic heterocycles. The lowest BCUT2D eigenvalue weighted by atomic mass is 9.80. The summed E-state index contributed by atoms with van der Waals surface area (Å²) in [7, 11) is 1.68. The minimum atomic E-state index is -0.860. The molecule has 0 bridgehead atoms. The zero-order chi connectivity index (χ0) is 30.1. The van der Waals surface area contributed by atoms with Crippen molar-refractivity contribution in [3.05, 3.63) is 138 Å². The first-order valence-corrected chi connectivity index (χ1v) is 14.7. The fourth-order valence-corrected chi connectivity index (χ4v) is 5.65. The van der Waals surface area contributed by atoms with Crippen molar-refractivity contribution >= 4 is 17.4 Å². The highest BCUT2D eigenvalue weighted by atomic mass is 16.3. The zero-order valence-electron chi connectivity index (χ0n) is 25.1. The van der Waals surface area contributed by atoms with Gasteiger partial charge < -0.3 is 14.9 Å². The van der Waals surface area contributed by atoms with Gasteiger partial charge in [0.1, 0.15) is 11.7 Å². The van der Waals surface area contributed by atoms with Crippen LogP contribution in [0.15, 0.2) is 115 Å². The van der Waals surface area contributed by atoms with Crippen LogP contribution in [-0.4, -0.2) is 34.8 Å². The van der Waals surface area contributed by atoms with Crippen LogP contribution in [0.3, 0.4) is 0 Å². The van der Waals surface area contributed by atoms with Gasteiger partial charge in [-0.15, -0.1) is 0 Å². The van der Waals surface area contributed by atoms with Crippen molar-refractivity contribution in [2.24, 2.45) is 5.92 Å². The Morgan fingerprint density at radius 2 is 1.24 bits per heavy atom. The third-order valence-corrected chi connectivity index (χ3v) is 8.20. The van der Waals surface area contributed by atoms with Gasteiger partial charge in [-0.25, -0.2) is 0 Å². The van der Waals surface area contributed by atoms with E-state index in [1.807, 2.05) is 68.4 Å². The molecule has 0 radical (unpaired) electrons. The Labute approximate surface area is 250 Å². The van der Waals surface area contributed by atoms with Crippen LogP contribution in [0, 0.1) is 5.92 Å². The average Bonchev–Trinajstić information content (AvgIpc) is 3.03. The molecular formula is C37H42N2O3. The fraction of sp³-hybridized carbons (Fsp3) is 0.297. The van der Waals surface area contributed by atoms with Gasteiger partial charge in [-0.05, 0) is 54.7 Å². The summed E-state index contributed by atoms with van der Waals surface area (Å²) < 4.78 is 0. The van der Waals surface area contributed by atoms with Gasteiger partial charge in [0.2, 0.25) is 5.91 Å². The number of likely N-dealkylation sites (N-methyl/N-ethyl adjacent to an activating group) is 1. The SMILES string of the molecule is CC[C@@H](c1cccc(N(Cc2ccccc2)Cc2ccccc2)c1)C(C(C)=O)C(=O)N(C)[C@H](C)[C@@H](O)c1ccccc1. The van der Waals surface area contributed by atoms with E-state index in [1.165, 1.54) is 23.0 Å². The maximum Gasteiger partial charge on any atom is 0.233 e. The van der Waals surface area contributed by atoms with Crippen molar-refractivity contribution in [1.82, 2.24) is 4.90 Å². The predicted octanol–water partition coefficient (Wildman–Crippen LogP) is 7.17. The second-order valence-electron chi connectivity index (χ2n) is 11.1. The van der Waals surface area contributed by atoms with Gasteiger partial charge in [0.15, 0.2) is 0 Å². The smallest absolute Gasteiger partial charge is 0.233 e. The molecular weight excluding hydrogens is 520 g/mol. The van der Waals surface area contributed by atoms with E-state index in [9.17, 15) is 14.7 Å². The summed E-state index contributed by atoms with van der Waals surface area (Å²) >= 11 is 0. The lowest BCUT2D eigenvalue weighted by Gasteiger charge is -2.34. The van der Waals surface area contributed by atoms with E-state index in [0.717, 1.165) is 29.9 Å². The highest BCUT2D eigenvalue weighted by Crippen LogP contribution is 2.34. The van der Waals surface area contributed by atoms with Crippen molar-refractivity contribution in [2.45, 2.75) is 58.3 Å². The van der Waals surface area contributed by atoms with Crippen molar-refractivity contribution in [2.75, 3.05) is 11.9 Å². The number of anilines is 1. The van der Waals surface area contributed by atoms with Gasteiger partial charge in [0.05, 0.1) is 12.1 Å². The topological polar surface area (TPSA) is 60.9 Å². The number of aliphatic hydroxyl groups excluding tert-OH is 1. The Bertz CT molecular complexity index is 1380. The van der Waals surface area contributed by atoms with Crippen molar-refractivity contribution in [3.63, 3.8) is 0 Å². The standard InChI is InChI=1S/C37H42N2O3/c1-5-34(35(28(3)40)37(42)38(4)27(2)36(41)31-20-13-8-14-21-31)32-22-15-23-33(24-32)39(25-29-16-9-6-10-17-29)26-30-18-11-7-12-19-30/h6-24,27,34-36,41H,5,25-26H2,1-4H3/t27-,34+,35?,36-/m1/s1. The Hall–Kier alpha value is -4.22. The monoisotopic (exact) mass is 562 g/mol. The second kappa shape index (κ2) is 14.6. The Balaban J connectivity index is 1.63. The quantitative estimate of drug-likeness (QED) is 0.176. The van der Waals surface area contributed by atoms with E-state index in [0.29, 0.717) is 6.42 Å². The number of Topliss-reactive ketones (excluding diaryl/α,β-unsaturated/α-hetero) is 1. The average molecular weight is 563 g/mol. The molecule has 4 aromatic rings. The third-order valence-electron chi connectivity index (χ3n) is 8.20. The number of amides is 1. The molecule has 4 aromatic carbocycles. The number of ketones is 1. The van der Waals surface area contributed by atoms with E-state index in [-0.39, 0.29) is 17.6 Å². The normalized spacial score (nSPS) is 13.9. The van der Waals surface area contributed by atoms with Gasteiger partial charge >= 0.3 is 0 Å². The Kier molecular flexibility index (Phi) is 10.7. The third kappa shape index (κ3) is 7.54. The molecule has 0 saturated heterocycles. The molecule has 0 heterocycles. The molecule has 4 rings (SSSR count). The summed E-state index contributed by atoms with van der Waals surface area (Å²) in [4.78, 5) is 30.9. The molecule has 42 heavy (non-hydrogen) atoms. The number of carbonyl (C=O) groups excluding carboxylic acids is 2. The molecule has 0 aliphatic rings. The van der Waals surface area contributed by atoms with Crippen LogP contribution < -0.4 is 4.90 Å². The number of aliphatic hydroxyl groups is 1. The van der Waals surface area contributed by atoms with E-state index in [4.69, 9.17) is 0 Å². The Morgan fingerprint density at radius 3 is 1.74 bits per heavy atom. The fourth-order valence-electron chi connectivity index (χ4n) is 5.65. The molecule has 5 nitrogen and oxygen atoms in total. The number of benzene rings is 4. The van der Waals surface area contributed by atoms with E-state index < -0.39 is 18.1 Å². The predicted molar refractivity (Wildman–Crippen MR) is 170 cm³/mol. The summed E-state index contributed by atoms with van der Waals surface area (Å²) in [5.74, 6) is -1.59. The maximum absolute atomic E-state index is 13.9. The molecule has 218 valence electrons. The van der Waals surface area contributed by atoms with E-state index in [2.05, 4.69) is 65.6 Å². The molecule has 0 spiro atoms. The van der Waals surface area contributed by atoms with Crippen molar-refractivity contribution in [1.29, 1.82) is 0 Å². The van der Waals surface area contributed by atoms with Gasteiger partial charge in [-0.3, -0.25) is 9.59 Å². The Morgan fingerprint density at radius 1 is 0.738 bits per heavy atom. The number of rotatable bonds is 13. The molecule has 0 saturated carbocycles. The number of carbonyl (C=O) groups is 2. The van der Waals surface area contributed by atoms with Gasteiger partial charge in [-0.1, -0.05) is 110 Å². The van der Waals surface area contributed by atoms with Crippen LogP contribution in [0.2, 0.25) is 0 Å². The first kappa shape index (κ1) is 30.7. The van der Waals surface area contributed by atoms with Crippen molar-refractivity contribution in [3.8, 4) is 0 Å². The van der Waals surface area contributed by atoms with Crippen LogP contribution in [-0.2, 0) is 22.7 Å². The summed E-state index contributed by atoms with van der Waals surface area (Å²) in [6, 6.07) is 37.8. The number of hydrogen-bond donors (Lipinski definition) is 1. The molecule has 1 amide bonds. The van der Waals surface area contributed by atoms with Crippen molar-refractivity contribution < 1.29 is 14.7 Å². The van der Waals surface area contributed by atoms with Gasteiger partial charge in [-0.2, -0.15) is 0 Å². The lowest BCUT2D eigenvalue weighted by molar-refractivity contribution is -0.144. The lowest BCUT2D eigenvalue weighted by Crippen LogP contribution is -2.45. The largest absolute Gasteiger partial charge is 0.386 e. The number of nitrogens with zero attached hydrogens (tertiary/aromatic N) is 2. The first-order valence-electron chi connectivity index (χ1n) is 14.7. The van der Waals surface area contributed by atoms with Crippen LogP contribution in [0.25, 0.3) is 0 Å². The molecule has 1 N–H and O–H groups in total. The van der Waals surface area contributed by atoms with Crippen LogP contribution >= 0.6 is 0 Å². The summed E-state index contributed by atoms with van der Waals surface area (Å²) in [5, 5.41) is 11.0. The highest BCUT2D eigenvalue weighted by Gasteiger charge is 2.37. The molecule has 0 aliphatic carbocycles. The maximum atomic E-state index is 13.9. The molecule has 1 unspecified atom stereocenters. The second-order valence-corrected chi connectivity index (χ2v) is 11.1. The summed E-state index contributed by atoms with van der Waals surface area (Å²) in [6.07, 6.45) is -0.235. The minimum absolute atomic E-state index is 0.170. The van der Waals surface area contributed by atoms with Crippen LogP contribution in [0.1, 0.15) is 61.5 Å². The molecule has 0 fully saturated rings. The molecule has 0 aromatic heterocycles. The zero-order valence-corrected chi connectivity index (χ0v) is 25.1. The van der Waals surface area contributed by atoms with Gasteiger partial charge in [0.25, 0.3) is 0 Å². The van der Waals surface area contributed by atoms with E-state index >= 15 is 0 Å². The van der Waals surface area contributed by atoms with Crippen LogP contribution in [0.5, 0.6) is 0 Å². The summed E-state index contributed by atoms with van der Waals surface area (Å²) in [5.41, 5.74) is 5.14.